The summed E-state index contributed by atoms with van der Waals surface area (Å²) in [7, 11) is 0. The summed E-state index contributed by atoms with van der Waals surface area (Å²) in [5, 5.41) is 5.68. The van der Waals surface area contributed by atoms with Gasteiger partial charge in [-0.15, -0.1) is 0 Å². The van der Waals surface area contributed by atoms with Gasteiger partial charge in [0.15, 0.2) is 0 Å². The molecule has 0 saturated heterocycles. The first-order valence-electron chi connectivity index (χ1n) is 9.08. The van der Waals surface area contributed by atoms with Crippen LogP contribution in [0.1, 0.15) is 25.8 Å². The molecule has 0 aliphatic rings. The zero-order chi connectivity index (χ0) is 18.4. The van der Waals surface area contributed by atoms with Crippen LogP contribution in [0.3, 0.4) is 0 Å². The van der Waals surface area contributed by atoms with E-state index in [1.165, 1.54) is 0 Å². The summed E-state index contributed by atoms with van der Waals surface area (Å²) in [5.74, 6) is 0.169. The number of rotatable bonds is 7. The number of nitrogens with one attached hydrogen (secondary N) is 1. The molecule has 0 amide bonds. The van der Waals surface area contributed by atoms with Crippen LogP contribution in [0.25, 0.3) is 10.8 Å². The second-order valence-corrected chi connectivity index (χ2v) is 6.95. The fourth-order valence-electron chi connectivity index (χ4n) is 3.05. The van der Waals surface area contributed by atoms with Gasteiger partial charge in [-0.05, 0) is 29.4 Å². The highest BCUT2D eigenvalue weighted by molar-refractivity contribution is 5.95. The highest BCUT2D eigenvalue weighted by Gasteiger charge is 2.22. The van der Waals surface area contributed by atoms with E-state index in [1.807, 2.05) is 54.6 Å². The lowest BCUT2D eigenvalue weighted by atomic mass is 10.0. The highest BCUT2D eigenvalue weighted by Crippen LogP contribution is 2.25. The van der Waals surface area contributed by atoms with Gasteiger partial charge >= 0.3 is 5.97 Å². The lowest BCUT2D eigenvalue weighted by molar-refractivity contribution is -0.146. The minimum atomic E-state index is -0.371. The van der Waals surface area contributed by atoms with E-state index in [4.69, 9.17) is 4.74 Å². The van der Waals surface area contributed by atoms with Crippen molar-refractivity contribution < 1.29 is 9.53 Å². The average Bonchev–Trinajstić information content (AvgIpc) is 2.66. The van der Waals surface area contributed by atoms with E-state index in [-0.39, 0.29) is 12.0 Å². The summed E-state index contributed by atoms with van der Waals surface area (Å²) in [6.45, 7) is 4.52. The second-order valence-electron chi connectivity index (χ2n) is 6.95. The van der Waals surface area contributed by atoms with E-state index >= 15 is 0 Å². The van der Waals surface area contributed by atoms with Gasteiger partial charge < -0.3 is 10.1 Å². The van der Waals surface area contributed by atoms with Gasteiger partial charge in [-0.25, -0.2) is 4.79 Å². The van der Waals surface area contributed by atoms with Gasteiger partial charge in [-0.2, -0.15) is 0 Å². The maximum atomic E-state index is 12.7. The molecule has 3 rings (SSSR count). The molecule has 1 atom stereocenters. The van der Waals surface area contributed by atoms with E-state index in [1.54, 1.807) is 0 Å². The summed E-state index contributed by atoms with van der Waals surface area (Å²) in [4.78, 5) is 12.7. The third-order valence-corrected chi connectivity index (χ3v) is 4.33. The van der Waals surface area contributed by atoms with E-state index in [9.17, 15) is 4.79 Å². The fraction of sp³-hybridized carbons (Fsp3) is 0.261. The van der Waals surface area contributed by atoms with Crippen LogP contribution in [0.2, 0.25) is 0 Å². The van der Waals surface area contributed by atoms with Crippen molar-refractivity contribution >= 4 is 22.4 Å². The molecule has 3 heteroatoms. The van der Waals surface area contributed by atoms with E-state index in [0.717, 1.165) is 28.4 Å². The Morgan fingerprint density at radius 2 is 1.62 bits per heavy atom. The second kappa shape index (κ2) is 8.52. The molecular weight excluding hydrogens is 322 g/mol. The van der Waals surface area contributed by atoms with Crippen LogP contribution >= 0.6 is 0 Å². The van der Waals surface area contributed by atoms with Crippen molar-refractivity contribution in [2.75, 3.05) is 5.32 Å². The number of hydrogen-bond donors (Lipinski definition) is 1. The normalized spacial score (nSPS) is 12.1. The molecule has 0 fully saturated rings. The first-order chi connectivity index (χ1) is 12.6. The summed E-state index contributed by atoms with van der Waals surface area (Å²) in [6, 6.07) is 23.7. The number of benzene rings is 3. The van der Waals surface area contributed by atoms with Gasteiger partial charge in [0.05, 0.1) is 0 Å². The molecule has 3 aromatic carbocycles. The van der Waals surface area contributed by atoms with Crippen molar-refractivity contribution in [2.45, 2.75) is 32.9 Å². The number of carbonyl (C=O) groups excluding carboxylic acids is 1. The maximum Gasteiger partial charge on any atom is 0.328 e. The molecule has 3 nitrogen and oxygen atoms in total. The lowest BCUT2D eigenvalue weighted by Gasteiger charge is -2.21. The molecule has 0 unspecified atom stereocenters. The topological polar surface area (TPSA) is 38.3 Å². The van der Waals surface area contributed by atoms with E-state index in [0.29, 0.717) is 12.5 Å². The molecule has 0 spiro atoms. The Labute approximate surface area is 155 Å². The molecule has 26 heavy (non-hydrogen) atoms. The molecule has 134 valence electrons. The number of carbonyl (C=O) groups is 1. The Kier molecular flexibility index (Phi) is 5.90. The highest BCUT2D eigenvalue weighted by atomic mass is 16.5. The number of fused-ring (bicyclic) bond motifs is 1. The van der Waals surface area contributed by atoms with Crippen molar-refractivity contribution in [3.63, 3.8) is 0 Å². The minimum Gasteiger partial charge on any atom is -0.459 e. The van der Waals surface area contributed by atoms with Gasteiger partial charge in [-0.3, -0.25) is 0 Å². The van der Waals surface area contributed by atoms with Crippen molar-refractivity contribution in [2.24, 2.45) is 5.92 Å². The number of hydrogen-bond acceptors (Lipinski definition) is 3. The molecule has 0 bridgehead atoms. The van der Waals surface area contributed by atoms with Gasteiger partial charge in [0, 0.05) is 11.1 Å². The van der Waals surface area contributed by atoms with Crippen LogP contribution in [0.5, 0.6) is 0 Å². The average molecular weight is 347 g/mol. The predicted octanol–water partition coefficient (Wildman–Crippen LogP) is 5.41. The Hall–Kier alpha value is -2.81. The summed E-state index contributed by atoms with van der Waals surface area (Å²) >= 11 is 0. The molecule has 0 radical (unpaired) electrons. The third kappa shape index (κ3) is 4.63. The van der Waals surface area contributed by atoms with Crippen LogP contribution in [-0.2, 0) is 16.1 Å². The lowest BCUT2D eigenvalue weighted by Crippen LogP contribution is -2.32. The molecular formula is C23H25NO2. The molecule has 0 aromatic heterocycles. The van der Waals surface area contributed by atoms with Crippen LogP contribution in [0, 0.1) is 5.92 Å². The SMILES string of the molecule is CC(C)C[C@H](Nc1cccc2ccccc12)C(=O)OCc1ccccc1. The van der Waals surface area contributed by atoms with Crippen molar-refractivity contribution in [3.8, 4) is 0 Å². The van der Waals surface area contributed by atoms with Crippen LogP contribution in [-0.4, -0.2) is 12.0 Å². The van der Waals surface area contributed by atoms with Crippen molar-refractivity contribution in [1.82, 2.24) is 0 Å². The van der Waals surface area contributed by atoms with Gasteiger partial charge in [-0.1, -0.05) is 80.6 Å². The summed E-state index contributed by atoms with van der Waals surface area (Å²) in [5.41, 5.74) is 1.96. The summed E-state index contributed by atoms with van der Waals surface area (Å²) < 4.78 is 5.57. The maximum absolute atomic E-state index is 12.7. The quantitative estimate of drug-likeness (QED) is 0.581. The Balaban J connectivity index is 1.75. The largest absolute Gasteiger partial charge is 0.459 e. The fourth-order valence-corrected chi connectivity index (χ4v) is 3.05. The van der Waals surface area contributed by atoms with Crippen molar-refractivity contribution in [1.29, 1.82) is 0 Å². The first kappa shape index (κ1) is 18.0. The zero-order valence-electron chi connectivity index (χ0n) is 15.3. The molecule has 0 aliphatic carbocycles. The monoisotopic (exact) mass is 347 g/mol. The first-order valence-corrected chi connectivity index (χ1v) is 9.08. The van der Waals surface area contributed by atoms with Crippen LogP contribution in [0.4, 0.5) is 5.69 Å². The predicted molar refractivity (Wildman–Crippen MR) is 107 cm³/mol. The molecule has 1 N–H and O–H groups in total. The molecule has 0 saturated carbocycles. The molecule has 0 heterocycles. The van der Waals surface area contributed by atoms with Crippen molar-refractivity contribution in [3.05, 3.63) is 78.4 Å². The Bertz CT molecular complexity index is 853. The smallest absolute Gasteiger partial charge is 0.328 e. The van der Waals surface area contributed by atoms with Gasteiger partial charge in [0.2, 0.25) is 0 Å². The third-order valence-electron chi connectivity index (χ3n) is 4.33. The molecule has 3 aromatic rings. The minimum absolute atomic E-state index is 0.213. The van der Waals surface area contributed by atoms with Gasteiger partial charge in [0.25, 0.3) is 0 Å². The van der Waals surface area contributed by atoms with E-state index in [2.05, 4.69) is 37.4 Å². The standard InChI is InChI=1S/C23H25NO2/c1-17(2)15-22(23(25)26-16-18-9-4-3-5-10-18)24-21-14-8-12-19-11-6-7-13-20(19)21/h3-14,17,22,24H,15-16H2,1-2H3/t22-/m0/s1. The summed E-state index contributed by atoms with van der Waals surface area (Å²) in [6.07, 6.45) is 0.719. The van der Waals surface area contributed by atoms with E-state index < -0.39 is 0 Å². The zero-order valence-corrected chi connectivity index (χ0v) is 15.3. The van der Waals surface area contributed by atoms with Crippen LogP contribution < -0.4 is 5.32 Å². The van der Waals surface area contributed by atoms with Gasteiger partial charge in [0.1, 0.15) is 12.6 Å². The number of anilines is 1. The Morgan fingerprint density at radius 1 is 0.923 bits per heavy atom. The molecule has 0 aliphatic heterocycles. The number of esters is 1. The van der Waals surface area contributed by atoms with Crippen LogP contribution in [0.15, 0.2) is 72.8 Å². The number of ether oxygens (including phenoxy) is 1. The Morgan fingerprint density at radius 3 is 2.38 bits per heavy atom.